The van der Waals surface area contributed by atoms with E-state index in [0.29, 0.717) is 30.5 Å². The van der Waals surface area contributed by atoms with Crippen LogP contribution in [-0.4, -0.2) is 15.9 Å². The molecule has 2 fully saturated rings. The first kappa shape index (κ1) is 24.9. The van der Waals surface area contributed by atoms with Crippen LogP contribution in [0, 0.1) is 35.4 Å². The summed E-state index contributed by atoms with van der Waals surface area (Å²) >= 11 is 0. The fraction of sp³-hybridized carbons (Fsp3) is 0.826. The van der Waals surface area contributed by atoms with Crippen LogP contribution in [0.15, 0.2) is 12.4 Å². The minimum atomic E-state index is -2.36. The van der Waals surface area contributed by atoms with E-state index in [9.17, 15) is 13.2 Å². The summed E-state index contributed by atoms with van der Waals surface area (Å²) in [5.41, 5.74) is 0. The molecular formula is C23H39F3N2. The molecule has 0 saturated heterocycles. The van der Waals surface area contributed by atoms with Crippen molar-refractivity contribution in [3.63, 3.8) is 0 Å². The second-order valence-electron chi connectivity index (χ2n) is 9.48. The van der Waals surface area contributed by atoms with Gasteiger partial charge in [0.05, 0.1) is 12.4 Å². The molecule has 0 aliphatic heterocycles. The molecule has 1 atom stereocenters. The number of rotatable bonds is 5. The topological polar surface area (TPSA) is 25.8 Å². The van der Waals surface area contributed by atoms with Crippen LogP contribution in [-0.2, 0) is 6.42 Å². The van der Waals surface area contributed by atoms with Gasteiger partial charge in [0, 0.05) is 18.8 Å². The zero-order valence-corrected chi connectivity index (χ0v) is 18.5. The van der Waals surface area contributed by atoms with Gasteiger partial charge in [0.15, 0.2) is 5.82 Å². The maximum atomic E-state index is 13.0. The normalized spacial score (nSPS) is 20.6. The molecule has 5 heteroatoms. The highest BCUT2D eigenvalue weighted by Crippen LogP contribution is 2.43. The second-order valence-corrected chi connectivity index (χ2v) is 9.48. The minimum absolute atomic E-state index is 0.115. The lowest BCUT2D eigenvalue weighted by Gasteiger charge is -2.20. The summed E-state index contributed by atoms with van der Waals surface area (Å²) in [6, 6.07) is 0. The lowest BCUT2D eigenvalue weighted by molar-refractivity contribution is -0.0431. The third-order valence-corrected chi connectivity index (χ3v) is 5.25. The average Bonchev–Trinajstić information content (AvgIpc) is 3.37. The van der Waals surface area contributed by atoms with E-state index in [-0.39, 0.29) is 18.2 Å². The van der Waals surface area contributed by atoms with Crippen molar-refractivity contribution in [2.24, 2.45) is 29.6 Å². The molecule has 2 saturated carbocycles. The number of aromatic nitrogens is 2. The second kappa shape index (κ2) is 11.8. The lowest BCUT2D eigenvalue weighted by Crippen LogP contribution is -2.22. The first-order valence-electron chi connectivity index (χ1n) is 10.9. The van der Waals surface area contributed by atoms with E-state index in [2.05, 4.69) is 37.7 Å². The van der Waals surface area contributed by atoms with Crippen molar-refractivity contribution in [3.05, 3.63) is 24.0 Å². The van der Waals surface area contributed by atoms with Gasteiger partial charge in [-0.2, -0.15) is 0 Å². The molecule has 1 unspecified atom stereocenters. The SMILES string of the molecule is CC(C)C1CC1.CC(C)CC1CCCC1(F)F.CC(C)Cc1ncc(F)cn1. The van der Waals surface area contributed by atoms with Gasteiger partial charge >= 0.3 is 0 Å². The monoisotopic (exact) mass is 400 g/mol. The highest BCUT2D eigenvalue weighted by Gasteiger charge is 2.43. The van der Waals surface area contributed by atoms with Crippen molar-refractivity contribution in [1.29, 1.82) is 0 Å². The van der Waals surface area contributed by atoms with Crippen LogP contribution in [0.4, 0.5) is 13.2 Å². The smallest absolute Gasteiger partial charge is 0.238 e. The lowest BCUT2D eigenvalue weighted by atomic mass is 9.94. The number of halogens is 3. The number of alkyl halides is 2. The maximum Gasteiger partial charge on any atom is 0.250 e. The van der Waals surface area contributed by atoms with Crippen LogP contribution in [0.25, 0.3) is 0 Å². The molecule has 1 aromatic rings. The Morgan fingerprint density at radius 3 is 1.86 bits per heavy atom. The first-order valence-corrected chi connectivity index (χ1v) is 10.9. The fourth-order valence-electron chi connectivity index (χ4n) is 3.43. The molecule has 0 aromatic carbocycles. The van der Waals surface area contributed by atoms with E-state index in [1.165, 1.54) is 25.2 Å². The molecule has 2 aliphatic rings. The molecule has 0 N–H and O–H groups in total. The zero-order chi connectivity index (χ0) is 21.3. The van der Waals surface area contributed by atoms with E-state index in [4.69, 9.17) is 0 Å². The molecule has 3 rings (SSSR count). The summed E-state index contributed by atoms with van der Waals surface area (Å²) in [5, 5.41) is 0. The Morgan fingerprint density at radius 2 is 1.54 bits per heavy atom. The summed E-state index contributed by atoms with van der Waals surface area (Å²) in [6.07, 6.45) is 8.44. The Kier molecular flexibility index (Phi) is 10.5. The van der Waals surface area contributed by atoms with Crippen molar-refractivity contribution >= 4 is 0 Å². The molecule has 0 bridgehead atoms. The molecule has 1 aromatic heterocycles. The van der Waals surface area contributed by atoms with E-state index in [1.54, 1.807) is 0 Å². The van der Waals surface area contributed by atoms with Gasteiger partial charge in [-0.25, -0.2) is 23.1 Å². The van der Waals surface area contributed by atoms with Gasteiger partial charge in [-0.15, -0.1) is 0 Å². The zero-order valence-electron chi connectivity index (χ0n) is 18.5. The standard InChI is InChI=1S/C9H16F2.C8H11FN2.C6H12/c1-7(2)6-8-4-3-5-9(8,10)11;1-6(2)3-8-10-4-7(9)5-11-8;1-5(2)6-3-4-6/h7-8H,3-6H2,1-2H3;4-6H,3H2,1-2H3;5-6H,3-4H2,1-2H3. The fourth-order valence-corrected chi connectivity index (χ4v) is 3.43. The minimum Gasteiger partial charge on any atom is -0.238 e. The van der Waals surface area contributed by atoms with E-state index in [1.807, 2.05) is 13.8 Å². The highest BCUT2D eigenvalue weighted by molar-refractivity contribution is 4.91. The third kappa shape index (κ3) is 10.4. The molecule has 2 aliphatic carbocycles. The van der Waals surface area contributed by atoms with Gasteiger partial charge in [-0.05, 0) is 55.8 Å². The quantitative estimate of drug-likeness (QED) is 0.517. The number of hydrogen-bond donors (Lipinski definition) is 0. The van der Waals surface area contributed by atoms with E-state index >= 15 is 0 Å². The molecule has 28 heavy (non-hydrogen) atoms. The molecule has 0 amide bonds. The Bertz CT molecular complexity index is 537. The van der Waals surface area contributed by atoms with Crippen LogP contribution in [0.5, 0.6) is 0 Å². The van der Waals surface area contributed by atoms with Crippen LogP contribution in [0.3, 0.4) is 0 Å². The molecule has 0 spiro atoms. The number of nitrogens with zero attached hydrogens (tertiary/aromatic N) is 2. The molecule has 0 radical (unpaired) electrons. The molecular weight excluding hydrogens is 361 g/mol. The summed E-state index contributed by atoms with van der Waals surface area (Å²) in [6.45, 7) is 12.8. The Hall–Kier alpha value is -1.13. The summed E-state index contributed by atoms with van der Waals surface area (Å²) in [7, 11) is 0. The Balaban J connectivity index is 0.000000219. The van der Waals surface area contributed by atoms with Crippen LogP contribution >= 0.6 is 0 Å². The van der Waals surface area contributed by atoms with Gasteiger partial charge in [0.2, 0.25) is 0 Å². The van der Waals surface area contributed by atoms with E-state index < -0.39 is 5.92 Å². The maximum absolute atomic E-state index is 13.0. The first-order chi connectivity index (χ1) is 13.0. The predicted molar refractivity (Wildman–Crippen MR) is 110 cm³/mol. The van der Waals surface area contributed by atoms with Crippen LogP contribution in [0.2, 0.25) is 0 Å². The van der Waals surface area contributed by atoms with Crippen molar-refractivity contribution in [2.45, 2.75) is 92.4 Å². The Morgan fingerprint density at radius 1 is 0.964 bits per heavy atom. The van der Waals surface area contributed by atoms with Gasteiger partial charge in [0.1, 0.15) is 5.82 Å². The third-order valence-electron chi connectivity index (χ3n) is 5.25. The summed E-state index contributed by atoms with van der Waals surface area (Å²) in [4.78, 5) is 7.66. The molecule has 162 valence electrons. The molecule has 2 nitrogen and oxygen atoms in total. The van der Waals surface area contributed by atoms with Gasteiger partial charge in [-0.3, -0.25) is 0 Å². The largest absolute Gasteiger partial charge is 0.250 e. The van der Waals surface area contributed by atoms with Crippen LogP contribution in [0.1, 0.15) is 85.9 Å². The van der Waals surface area contributed by atoms with Gasteiger partial charge in [-0.1, -0.05) is 41.5 Å². The average molecular weight is 401 g/mol. The predicted octanol–water partition coefficient (Wildman–Crippen LogP) is 7.33. The number of hydrogen-bond acceptors (Lipinski definition) is 2. The van der Waals surface area contributed by atoms with Crippen molar-refractivity contribution < 1.29 is 13.2 Å². The van der Waals surface area contributed by atoms with Crippen molar-refractivity contribution in [3.8, 4) is 0 Å². The van der Waals surface area contributed by atoms with E-state index in [0.717, 1.165) is 24.7 Å². The van der Waals surface area contributed by atoms with Crippen molar-refractivity contribution in [2.75, 3.05) is 0 Å². The van der Waals surface area contributed by atoms with Crippen LogP contribution < -0.4 is 0 Å². The van der Waals surface area contributed by atoms with Gasteiger partial charge < -0.3 is 0 Å². The summed E-state index contributed by atoms with van der Waals surface area (Å²) < 4.78 is 38.2. The highest BCUT2D eigenvalue weighted by atomic mass is 19.3. The molecule has 1 heterocycles. The summed E-state index contributed by atoms with van der Waals surface area (Å²) in [5.74, 6) is 0.630. The van der Waals surface area contributed by atoms with Crippen molar-refractivity contribution in [1.82, 2.24) is 9.97 Å². The van der Waals surface area contributed by atoms with Gasteiger partial charge in [0.25, 0.3) is 5.92 Å². The Labute approximate surface area is 169 Å².